The van der Waals surface area contributed by atoms with E-state index in [0.717, 1.165) is 36.2 Å². The number of hydrogen-bond donors (Lipinski definition) is 0. The van der Waals surface area contributed by atoms with Crippen molar-refractivity contribution < 1.29 is 4.79 Å². The van der Waals surface area contributed by atoms with Crippen LogP contribution in [-0.2, 0) is 4.79 Å². The smallest absolute Gasteiger partial charge is 0.268 e. The Hall–Kier alpha value is -2.90. The van der Waals surface area contributed by atoms with Crippen molar-refractivity contribution >= 4 is 39.2 Å². The number of aromatic nitrogens is 2. The molecule has 1 fully saturated rings. The summed E-state index contributed by atoms with van der Waals surface area (Å²) in [6.45, 7) is 2.92. The van der Waals surface area contributed by atoms with Gasteiger partial charge in [-0.2, -0.15) is 0 Å². The number of likely N-dealkylation sites (tertiary alicyclic amines) is 1. The van der Waals surface area contributed by atoms with Gasteiger partial charge in [-0.1, -0.05) is 60.3 Å². The van der Waals surface area contributed by atoms with Gasteiger partial charge in [0.25, 0.3) is 5.56 Å². The Labute approximate surface area is 201 Å². The number of thiophene rings is 1. The minimum Gasteiger partial charge on any atom is -0.339 e. The number of rotatable bonds is 5. The van der Waals surface area contributed by atoms with E-state index in [-0.39, 0.29) is 23.3 Å². The van der Waals surface area contributed by atoms with E-state index in [9.17, 15) is 9.59 Å². The number of fused-ring (bicyclic) bond motifs is 1. The van der Waals surface area contributed by atoms with Crippen molar-refractivity contribution in [3.8, 4) is 16.8 Å². The summed E-state index contributed by atoms with van der Waals surface area (Å²) in [7, 11) is 0. The highest BCUT2D eigenvalue weighted by Crippen LogP contribution is 2.33. The number of carbonyl (C=O) groups is 1. The molecule has 1 unspecified atom stereocenters. The van der Waals surface area contributed by atoms with Crippen molar-refractivity contribution in [2.75, 3.05) is 12.3 Å². The summed E-state index contributed by atoms with van der Waals surface area (Å²) >= 11 is 2.82. The molecule has 0 spiro atoms. The zero-order chi connectivity index (χ0) is 22.8. The molecule has 3 heterocycles. The van der Waals surface area contributed by atoms with Gasteiger partial charge >= 0.3 is 0 Å². The van der Waals surface area contributed by atoms with Crippen molar-refractivity contribution in [3.05, 3.63) is 76.4 Å². The fourth-order valence-electron chi connectivity index (χ4n) is 4.38. The topological polar surface area (TPSA) is 55.2 Å². The van der Waals surface area contributed by atoms with Crippen LogP contribution >= 0.6 is 23.1 Å². The van der Waals surface area contributed by atoms with Gasteiger partial charge in [0.1, 0.15) is 4.83 Å². The fourth-order valence-corrected chi connectivity index (χ4v) is 6.27. The molecule has 2 aromatic heterocycles. The summed E-state index contributed by atoms with van der Waals surface area (Å²) in [6, 6.07) is 19.7. The van der Waals surface area contributed by atoms with E-state index in [4.69, 9.17) is 4.98 Å². The number of thioether (sulfide) groups is 1. The first-order valence-corrected chi connectivity index (χ1v) is 13.1. The number of hydrogen-bond acceptors (Lipinski definition) is 5. The molecule has 2 aromatic carbocycles. The molecule has 0 saturated carbocycles. The van der Waals surface area contributed by atoms with E-state index in [2.05, 4.69) is 6.92 Å². The second-order valence-electron chi connectivity index (χ2n) is 8.29. The first kappa shape index (κ1) is 21.9. The van der Waals surface area contributed by atoms with Crippen LogP contribution in [0.5, 0.6) is 0 Å². The van der Waals surface area contributed by atoms with Crippen LogP contribution in [0.15, 0.2) is 76.0 Å². The van der Waals surface area contributed by atoms with Gasteiger partial charge in [-0.15, -0.1) is 11.3 Å². The van der Waals surface area contributed by atoms with Gasteiger partial charge in [-0.05, 0) is 43.9 Å². The standard InChI is InChI=1S/C26H25N3O2S2/c1-18-10-8-9-15-28(18)22(30)17-33-26-27-24-23(21(16-32-24)19-11-4-2-5-12-19)25(31)29(26)20-13-6-3-7-14-20/h2-7,11-14,16,18H,8-10,15,17H2,1H3. The molecule has 5 rings (SSSR count). The molecule has 1 amide bonds. The first-order chi connectivity index (χ1) is 16.1. The first-order valence-electron chi connectivity index (χ1n) is 11.2. The zero-order valence-electron chi connectivity index (χ0n) is 18.4. The van der Waals surface area contributed by atoms with Crippen LogP contribution in [-0.4, -0.2) is 38.7 Å². The Bertz CT molecular complexity index is 1330. The number of piperidine rings is 1. The molecule has 5 nitrogen and oxygen atoms in total. The van der Waals surface area contributed by atoms with E-state index in [1.807, 2.05) is 70.9 Å². The van der Waals surface area contributed by atoms with Gasteiger partial charge < -0.3 is 4.90 Å². The highest BCUT2D eigenvalue weighted by atomic mass is 32.2. The lowest BCUT2D eigenvalue weighted by Gasteiger charge is -2.33. The SMILES string of the molecule is CC1CCCCN1C(=O)CSc1nc2scc(-c3ccccc3)c2c(=O)n1-c1ccccc1. The van der Waals surface area contributed by atoms with Gasteiger partial charge in [0.2, 0.25) is 5.91 Å². The van der Waals surface area contributed by atoms with Crippen LogP contribution in [0.25, 0.3) is 27.0 Å². The predicted molar refractivity (Wildman–Crippen MR) is 136 cm³/mol. The van der Waals surface area contributed by atoms with Gasteiger partial charge in [-0.3, -0.25) is 14.2 Å². The molecule has 0 radical (unpaired) electrons. The molecule has 1 aliphatic heterocycles. The average Bonchev–Trinajstić information content (AvgIpc) is 3.28. The summed E-state index contributed by atoms with van der Waals surface area (Å²) in [5.41, 5.74) is 2.54. The van der Waals surface area contributed by atoms with Crippen LogP contribution in [0.3, 0.4) is 0 Å². The molecule has 7 heteroatoms. The number of amides is 1. The second kappa shape index (κ2) is 9.53. The monoisotopic (exact) mass is 475 g/mol. The maximum Gasteiger partial charge on any atom is 0.268 e. The van der Waals surface area contributed by atoms with Crippen molar-refractivity contribution in [2.45, 2.75) is 37.4 Å². The largest absolute Gasteiger partial charge is 0.339 e. The third-order valence-corrected chi connectivity index (χ3v) is 7.92. The Morgan fingerprint density at radius 3 is 2.55 bits per heavy atom. The van der Waals surface area contributed by atoms with Crippen LogP contribution in [0, 0.1) is 0 Å². The van der Waals surface area contributed by atoms with Crippen molar-refractivity contribution in [3.63, 3.8) is 0 Å². The van der Waals surface area contributed by atoms with E-state index < -0.39 is 0 Å². The maximum atomic E-state index is 13.8. The molecule has 33 heavy (non-hydrogen) atoms. The van der Waals surface area contributed by atoms with Crippen LogP contribution in [0.2, 0.25) is 0 Å². The molecular weight excluding hydrogens is 450 g/mol. The zero-order valence-corrected chi connectivity index (χ0v) is 20.1. The average molecular weight is 476 g/mol. The minimum atomic E-state index is -0.104. The van der Waals surface area contributed by atoms with Crippen LogP contribution in [0.4, 0.5) is 0 Å². The number of benzene rings is 2. The summed E-state index contributed by atoms with van der Waals surface area (Å²) in [5, 5.41) is 3.17. The lowest BCUT2D eigenvalue weighted by Crippen LogP contribution is -2.43. The molecule has 1 aliphatic rings. The third kappa shape index (κ3) is 4.35. The fraction of sp³-hybridized carbons (Fsp3) is 0.269. The Kier molecular flexibility index (Phi) is 6.33. The normalized spacial score (nSPS) is 16.3. The summed E-state index contributed by atoms with van der Waals surface area (Å²) in [5.74, 6) is 0.379. The molecule has 0 N–H and O–H groups in total. The summed E-state index contributed by atoms with van der Waals surface area (Å²) in [4.78, 5) is 34.3. The second-order valence-corrected chi connectivity index (χ2v) is 10.1. The Morgan fingerprint density at radius 1 is 1.09 bits per heavy atom. The Morgan fingerprint density at radius 2 is 1.82 bits per heavy atom. The molecule has 0 aliphatic carbocycles. The molecule has 168 valence electrons. The van der Waals surface area contributed by atoms with Crippen LogP contribution in [0.1, 0.15) is 26.2 Å². The molecular formula is C26H25N3O2S2. The van der Waals surface area contributed by atoms with Gasteiger partial charge in [-0.25, -0.2) is 4.98 Å². The Balaban J connectivity index is 1.57. The van der Waals surface area contributed by atoms with E-state index in [1.54, 1.807) is 4.57 Å². The molecule has 0 bridgehead atoms. The number of para-hydroxylation sites is 1. The summed E-state index contributed by atoms with van der Waals surface area (Å²) in [6.07, 6.45) is 3.27. The lowest BCUT2D eigenvalue weighted by atomic mass is 10.0. The minimum absolute atomic E-state index is 0.104. The van der Waals surface area contributed by atoms with Gasteiger partial charge in [0.15, 0.2) is 5.16 Å². The summed E-state index contributed by atoms with van der Waals surface area (Å²) < 4.78 is 1.65. The van der Waals surface area contributed by atoms with Crippen molar-refractivity contribution in [1.29, 1.82) is 0 Å². The molecule has 1 saturated heterocycles. The van der Waals surface area contributed by atoms with Crippen LogP contribution < -0.4 is 5.56 Å². The highest BCUT2D eigenvalue weighted by molar-refractivity contribution is 7.99. The molecule has 1 atom stereocenters. The highest BCUT2D eigenvalue weighted by Gasteiger charge is 2.24. The quantitative estimate of drug-likeness (QED) is 0.278. The lowest BCUT2D eigenvalue weighted by molar-refractivity contribution is -0.131. The van der Waals surface area contributed by atoms with Crippen molar-refractivity contribution in [1.82, 2.24) is 14.5 Å². The van der Waals surface area contributed by atoms with E-state index >= 15 is 0 Å². The predicted octanol–water partition coefficient (Wildman–Crippen LogP) is 5.61. The maximum absolute atomic E-state index is 13.8. The van der Waals surface area contributed by atoms with Gasteiger partial charge in [0, 0.05) is 23.5 Å². The van der Waals surface area contributed by atoms with E-state index in [0.29, 0.717) is 15.4 Å². The number of carbonyl (C=O) groups excluding carboxylic acids is 1. The van der Waals surface area contributed by atoms with E-state index in [1.165, 1.54) is 29.5 Å². The molecule has 4 aromatic rings. The number of nitrogens with zero attached hydrogens (tertiary/aromatic N) is 3. The third-order valence-electron chi connectivity index (χ3n) is 6.12. The van der Waals surface area contributed by atoms with Gasteiger partial charge in [0.05, 0.1) is 16.8 Å². The van der Waals surface area contributed by atoms with Crippen molar-refractivity contribution in [2.24, 2.45) is 0 Å².